The summed E-state index contributed by atoms with van der Waals surface area (Å²) >= 11 is 0.688. The molecular weight excluding hydrogens is 392 g/mol. The Bertz CT molecular complexity index is 895. The Morgan fingerprint density at radius 2 is 2.11 bits per heavy atom. The smallest absolute Gasteiger partial charge is 0.412 e. The van der Waals surface area contributed by atoms with Gasteiger partial charge in [0.05, 0.1) is 10.5 Å². The molecule has 0 aliphatic carbocycles. The molecule has 0 bridgehead atoms. The van der Waals surface area contributed by atoms with E-state index in [2.05, 4.69) is 15.6 Å². The van der Waals surface area contributed by atoms with Crippen molar-refractivity contribution in [1.29, 1.82) is 0 Å². The third-order valence-electron chi connectivity index (χ3n) is 3.86. The van der Waals surface area contributed by atoms with Crippen LogP contribution in [-0.2, 0) is 4.74 Å². The number of rotatable bonds is 5. The number of benzene rings is 1. The van der Waals surface area contributed by atoms with Crippen molar-refractivity contribution in [2.24, 2.45) is 0 Å². The highest BCUT2D eigenvalue weighted by Crippen LogP contribution is 2.28. The van der Waals surface area contributed by atoms with Crippen LogP contribution in [-0.4, -0.2) is 46.3 Å². The van der Waals surface area contributed by atoms with Crippen LogP contribution in [0.3, 0.4) is 0 Å². The molecule has 0 atom stereocenters. The van der Waals surface area contributed by atoms with Gasteiger partial charge >= 0.3 is 11.1 Å². The normalized spacial score (nSPS) is 14.3. The van der Waals surface area contributed by atoms with Crippen molar-refractivity contribution < 1.29 is 29.1 Å². The molecule has 11 nitrogen and oxygen atoms in total. The summed E-state index contributed by atoms with van der Waals surface area (Å²) in [4.78, 5) is 37.9. The van der Waals surface area contributed by atoms with Gasteiger partial charge in [-0.05, 0) is 36.3 Å². The number of hydrogen-bond acceptors (Lipinski definition) is 9. The van der Waals surface area contributed by atoms with Crippen molar-refractivity contribution in [3.8, 4) is 11.5 Å². The van der Waals surface area contributed by atoms with Gasteiger partial charge in [-0.15, -0.1) is 0 Å². The van der Waals surface area contributed by atoms with Crippen LogP contribution >= 0.6 is 11.3 Å². The zero-order chi connectivity index (χ0) is 20.1. The molecular formula is C16H16N4O7S. The first kappa shape index (κ1) is 19.5. The number of phenolic OH excluding ortho intramolecular Hbond substituents is 1. The van der Waals surface area contributed by atoms with Gasteiger partial charge < -0.3 is 19.9 Å². The molecule has 1 aromatic carbocycles. The van der Waals surface area contributed by atoms with Gasteiger partial charge in [-0.3, -0.25) is 20.2 Å². The van der Waals surface area contributed by atoms with Gasteiger partial charge in [-0.2, -0.15) is 0 Å². The largest absolute Gasteiger partial charge is 0.507 e. The Kier molecular flexibility index (Phi) is 6.01. The first-order chi connectivity index (χ1) is 13.4. The van der Waals surface area contributed by atoms with Crippen molar-refractivity contribution >= 4 is 33.5 Å². The third kappa shape index (κ3) is 4.92. The molecule has 3 N–H and O–H groups in total. The second-order valence-corrected chi connectivity index (χ2v) is 6.82. The van der Waals surface area contributed by atoms with E-state index in [1.807, 2.05) is 0 Å². The highest BCUT2D eigenvalue weighted by molar-refractivity contribution is 7.18. The zero-order valence-corrected chi connectivity index (χ0v) is 15.2. The summed E-state index contributed by atoms with van der Waals surface area (Å²) in [5, 5.41) is 25.6. The van der Waals surface area contributed by atoms with E-state index in [4.69, 9.17) is 9.47 Å². The summed E-state index contributed by atoms with van der Waals surface area (Å²) < 4.78 is 10.3. The number of hydrogen-bond donors (Lipinski definition) is 3. The van der Waals surface area contributed by atoms with Gasteiger partial charge in [0, 0.05) is 25.3 Å². The van der Waals surface area contributed by atoms with Crippen molar-refractivity contribution in [1.82, 2.24) is 10.3 Å². The number of carbonyl (C=O) groups is 2. The number of carbonyl (C=O) groups excluding carboxylic acids is 2. The van der Waals surface area contributed by atoms with Gasteiger partial charge in [0.25, 0.3) is 5.91 Å². The summed E-state index contributed by atoms with van der Waals surface area (Å²) in [5.74, 6) is -1.07. The van der Waals surface area contributed by atoms with Gasteiger partial charge in [-0.1, -0.05) is 0 Å². The monoisotopic (exact) mass is 408 g/mol. The first-order valence-corrected chi connectivity index (χ1v) is 9.04. The summed E-state index contributed by atoms with van der Waals surface area (Å²) in [7, 11) is 0. The highest BCUT2D eigenvalue weighted by atomic mass is 32.1. The topological polar surface area (TPSA) is 153 Å². The highest BCUT2D eigenvalue weighted by Gasteiger charge is 2.19. The SMILES string of the molecule is O=C(NC1CCOCC1)Oc1ccc(C(=O)Nc2ncc([N+](=O)[O-])s2)c(O)c1. The van der Waals surface area contributed by atoms with Crippen LogP contribution in [0.25, 0.3) is 0 Å². The molecule has 12 heteroatoms. The summed E-state index contributed by atoms with van der Waals surface area (Å²) in [5.41, 5.74) is -0.102. The van der Waals surface area contributed by atoms with E-state index in [-0.39, 0.29) is 27.5 Å². The van der Waals surface area contributed by atoms with Crippen LogP contribution in [0.5, 0.6) is 11.5 Å². The Balaban J connectivity index is 1.60. The summed E-state index contributed by atoms with van der Waals surface area (Å²) in [6.07, 6.45) is 1.73. The lowest BCUT2D eigenvalue weighted by Crippen LogP contribution is -2.40. The van der Waals surface area contributed by atoms with E-state index in [0.717, 1.165) is 12.3 Å². The van der Waals surface area contributed by atoms with Crippen molar-refractivity contribution in [3.05, 3.63) is 40.1 Å². The van der Waals surface area contributed by atoms with E-state index in [0.29, 0.717) is 37.4 Å². The van der Waals surface area contributed by atoms with Gasteiger partial charge in [0.15, 0.2) is 5.13 Å². The molecule has 2 amide bonds. The average molecular weight is 408 g/mol. The van der Waals surface area contributed by atoms with Crippen molar-refractivity contribution in [2.45, 2.75) is 18.9 Å². The van der Waals surface area contributed by atoms with Gasteiger partial charge in [-0.25, -0.2) is 9.78 Å². The van der Waals surface area contributed by atoms with Crippen LogP contribution in [0, 0.1) is 10.1 Å². The molecule has 28 heavy (non-hydrogen) atoms. The van der Waals surface area contributed by atoms with E-state index in [1.165, 1.54) is 12.1 Å². The lowest BCUT2D eigenvalue weighted by atomic mass is 10.1. The molecule has 1 aliphatic heterocycles. The molecule has 148 valence electrons. The summed E-state index contributed by atoms with van der Waals surface area (Å²) in [6.45, 7) is 1.13. The summed E-state index contributed by atoms with van der Waals surface area (Å²) in [6, 6.07) is 3.71. The van der Waals surface area contributed by atoms with Crippen LogP contribution in [0.15, 0.2) is 24.4 Å². The van der Waals surface area contributed by atoms with Crippen molar-refractivity contribution in [3.63, 3.8) is 0 Å². The maximum absolute atomic E-state index is 12.2. The first-order valence-electron chi connectivity index (χ1n) is 8.23. The minimum atomic E-state index is -0.708. The molecule has 1 fully saturated rings. The fourth-order valence-corrected chi connectivity index (χ4v) is 3.11. The zero-order valence-electron chi connectivity index (χ0n) is 14.4. The molecule has 0 spiro atoms. The Morgan fingerprint density at radius 1 is 1.36 bits per heavy atom. The van der Waals surface area contributed by atoms with Crippen LogP contribution in [0.4, 0.5) is 14.9 Å². The second-order valence-electron chi connectivity index (χ2n) is 5.81. The quantitative estimate of drug-likeness (QED) is 0.503. The van der Waals surface area contributed by atoms with Crippen LogP contribution in [0.1, 0.15) is 23.2 Å². The molecule has 0 unspecified atom stereocenters. The number of nitrogens with zero attached hydrogens (tertiary/aromatic N) is 2. The molecule has 3 rings (SSSR count). The molecule has 2 heterocycles. The molecule has 0 radical (unpaired) electrons. The fraction of sp³-hybridized carbons (Fsp3) is 0.312. The molecule has 1 saturated heterocycles. The molecule has 1 aromatic heterocycles. The van der Waals surface area contributed by atoms with Crippen LogP contribution < -0.4 is 15.4 Å². The van der Waals surface area contributed by atoms with Gasteiger partial charge in [0.2, 0.25) is 0 Å². The Labute approximate surface area is 162 Å². The number of nitrogens with one attached hydrogen (secondary N) is 2. The number of amides is 2. The Morgan fingerprint density at radius 3 is 2.75 bits per heavy atom. The molecule has 2 aromatic rings. The molecule has 1 aliphatic rings. The molecule has 0 saturated carbocycles. The fourth-order valence-electron chi connectivity index (χ4n) is 2.48. The van der Waals surface area contributed by atoms with Crippen molar-refractivity contribution in [2.75, 3.05) is 18.5 Å². The predicted molar refractivity (Wildman–Crippen MR) is 97.8 cm³/mol. The lowest BCUT2D eigenvalue weighted by Gasteiger charge is -2.22. The average Bonchev–Trinajstić information content (AvgIpc) is 3.11. The number of nitro groups is 1. The lowest BCUT2D eigenvalue weighted by molar-refractivity contribution is -0.380. The second kappa shape index (κ2) is 8.63. The number of thiazole rings is 1. The standard InChI is InChI=1S/C16H16N4O7S/c21-12-7-10(27-16(23)18-9-3-5-26-6-4-9)1-2-11(12)14(22)19-15-17-8-13(28-15)20(24)25/h1-2,7-9,21H,3-6H2,(H,18,23)(H,17,19,22). The van der Waals surface area contributed by atoms with E-state index in [9.17, 15) is 24.8 Å². The number of aromatic nitrogens is 1. The number of ether oxygens (including phenoxy) is 2. The van der Waals surface area contributed by atoms with E-state index in [1.54, 1.807) is 0 Å². The minimum Gasteiger partial charge on any atom is -0.507 e. The predicted octanol–water partition coefficient (Wildman–Crippen LogP) is 2.28. The van der Waals surface area contributed by atoms with Gasteiger partial charge in [0.1, 0.15) is 17.7 Å². The maximum atomic E-state index is 12.2. The van der Waals surface area contributed by atoms with Crippen LogP contribution in [0.2, 0.25) is 0 Å². The number of anilines is 1. The Hall–Kier alpha value is -3.25. The minimum absolute atomic E-state index is 0.0206. The number of phenols is 1. The maximum Gasteiger partial charge on any atom is 0.412 e. The van der Waals surface area contributed by atoms with E-state index < -0.39 is 22.7 Å². The number of aromatic hydroxyl groups is 1. The van der Waals surface area contributed by atoms with E-state index >= 15 is 0 Å². The third-order valence-corrected chi connectivity index (χ3v) is 4.73.